The first-order valence-electron chi connectivity index (χ1n) is 5.84. The van der Waals surface area contributed by atoms with Crippen molar-refractivity contribution in [2.45, 2.75) is 44.7 Å². The number of nitrogens with one attached hydrogen (secondary N) is 1. The predicted molar refractivity (Wildman–Crippen MR) is 71.0 cm³/mol. The Labute approximate surface area is 114 Å². The summed E-state index contributed by atoms with van der Waals surface area (Å²) in [6, 6.07) is 4.31. The maximum Gasteiger partial charge on any atom is 0.412 e. The van der Waals surface area contributed by atoms with Gasteiger partial charge in [0.15, 0.2) is 6.04 Å². The van der Waals surface area contributed by atoms with E-state index in [0.717, 1.165) is 0 Å². The summed E-state index contributed by atoms with van der Waals surface area (Å²) < 4.78 is 52.8. The van der Waals surface area contributed by atoms with Crippen LogP contribution in [0, 0.1) is 6.92 Å². The predicted octanol–water partition coefficient (Wildman–Crippen LogP) is 3.65. The molecule has 0 spiro atoms. The third kappa shape index (κ3) is 4.40. The molecule has 1 N–H and O–H groups in total. The van der Waals surface area contributed by atoms with Gasteiger partial charge in [-0.1, -0.05) is 24.3 Å². The molecule has 6 heteroatoms. The zero-order chi connectivity index (χ0) is 14.8. The summed E-state index contributed by atoms with van der Waals surface area (Å²) in [6.07, 6.45) is -4.49. The summed E-state index contributed by atoms with van der Waals surface area (Å²) in [6.45, 7) is 6.49. The van der Waals surface area contributed by atoms with Gasteiger partial charge in [0, 0.05) is 11.4 Å². The SMILES string of the molecule is Cc1ccccc1[C@@H](N[S+]([O-])C(C)(C)C)C(F)(F)F. The molecule has 0 radical (unpaired) electrons. The minimum Gasteiger partial charge on any atom is -0.598 e. The smallest absolute Gasteiger partial charge is 0.412 e. The highest BCUT2D eigenvalue weighted by Gasteiger charge is 2.46. The topological polar surface area (TPSA) is 35.1 Å². The lowest BCUT2D eigenvalue weighted by Crippen LogP contribution is -2.45. The molecule has 1 unspecified atom stereocenters. The first-order chi connectivity index (χ1) is 8.53. The van der Waals surface area contributed by atoms with Crippen molar-refractivity contribution in [3.05, 3.63) is 35.4 Å². The summed E-state index contributed by atoms with van der Waals surface area (Å²) in [4.78, 5) is 0. The average molecular weight is 293 g/mol. The van der Waals surface area contributed by atoms with Gasteiger partial charge in [-0.3, -0.25) is 0 Å². The van der Waals surface area contributed by atoms with Gasteiger partial charge in [-0.05, 0) is 38.8 Å². The van der Waals surface area contributed by atoms with Crippen LogP contribution in [0.3, 0.4) is 0 Å². The van der Waals surface area contributed by atoms with E-state index in [1.54, 1.807) is 45.9 Å². The second-order valence-electron chi connectivity index (χ2n) is 5.33. The Balaban J connectivity index is 3.08. The van der Waals surface area contributed by atoms with E-state index >= 15 is 0 Å². The fraction of sp³-hybridized carbons (Fsp3) is 0.538. The molecule has 1 aromatic carbocycles. The van der Waals surface area contributed by atoms with Crippen molar-refractivity contribution in [2.24, 2.45) is 0 Å². The molecule has 0 saturated heterocycles. The van der Waals surface area contributed by atoms with Crippen molar-refractivity contribution in [3.63, 3.8) is 0 Å². The number of alkyl halides is 3. The van der Waals surface area contributed by atoms with Crippen LogP contribution in [0.1, 0.15) is 37.9 Å². The number of rotatable bonds is 3. The van der Waals surface area contributed by atoms with E-state index in [-0.39, 0.29) is 5.56 Å². The van der Waals surface area contributed by atoms with Gasteiger partial charge in [0.1, 0.15) is 4.75 Å². The zero-order valence-electron chi connectivity index (χ0n) is 11.3. The van der Waals surface area contributed by atoms with Crippen molar-refractivity contribution in [3.8, 4) is 0 Å². The van der Waals surface area contributed by atoms with E-state index in [1.807, 2.05) is 0 Å². The maximum absolute atomic E-state index is 13.1. The van der Waals surface area contributed by atoms with Crippen LogP contribution in [0.2, 0.25) is 0 Å². The first-order valence-corrected chi connectivity index (χ1v) is 6.99. The van der Waals surface area contributed by atoms with E-state index in [1.165, 1.54) is 6.07 Å². The minimum atomic E-state index is -4.49. The summed E-state index contributed by atoms with van der Waals surface area (Å²) in [5.74, 6) is 0. The molecule has 19 heavy (non-hydrogen) atoms. The monoisotopic (exact) mass is 293 g/mol. The van der Waals surface area contributed by atoms with Crippen molar-refractivity contribution >= 4 is 11.4 Å². The molecule has 0 aliphatic carbocycles. The molecule has 0 aliphatic rings. The molecule has 0 bridgehead atoms. The minimum absolute atomic E-state index is 0.104. The Morgan fingerprint density at radius 2 is 1.68 bits per heavy atom. The third-order valence-electron chi connectivity index (χ3n) is 2.61. The van der Waals surface area contributed by atoms with E-state index in [4.69, 9.17) is 0 Å². The van der Waals surface area contributed by atoms with Crippen LogP contribution in [0.4, 0.5) is 13.2 Å². The van der Waals surface area contributed by atoms with Crippen molar-refractivity contribution < 1.29 is 17.7 Å². The Hall–Kier alpha value is -0.720. The van der Waals surface area contributed by atoms with Crippen LogP contribution < -0.4 is 4.72 Å². The summed E-state index contributed by atoms with van der Waals surface area (Å²) in [5, 5.41) is 0. The van der Waals surface area contributed by atoms with E-state index in [2.05, 4.69) is 4.72 Å². The number of benzene rings is 1. The largest absolute Gasteiger partial charge is 0.598 e. The maximum atomic E-state index is 13.1. The quantitative estimate of drug-likeness (QED) is 0.863. The van der Waals surface area contributed by atoms with E-state index in [0.29, 0.717) is 5.56 Å². The van der Waals surface area contributed by atoms with Crippen molar-refractivity contribution in [1.82, 2.24) is 4.72 Å². The lowest BCUT2D eigenvalue weighted by Gasteiger charge is -2.29. The van der Waals surface area contributed by atoms with Crippen LogP contribution in [0.25, 0.3) is 0 Å². The highest BCUT2D eigenvalue weighted by Crippen LogP contribution is 2.35. The fourth-order valence-electron chi connectivity index (χ4n) is 1.50. The van der Waals surface area contributed by atoms with Crippen LogP contribution in [0.5, 0.6) is 0 Å². The van der Waals surface area contributed by atoms with E-state index in [9.17, 15) is 17.7 Å². The van der Waals surface area contributed by atoms with Crippen molar-refractivity contribution in [1.29, 1.82) is 0 Å². The summed E-state index contributed by atoms with van der Waals surface area (Å²) >= 11 is -1.79. The van der Waals surface area contributed by atoms with Crippen molar-refractivity contribution in [2.75, 3.05) is 0 Å². The molecule has 0 aromatic heterocycles. The molecule has 108 valence electrons. The molecular weight excluding hydrogens is 275 g/mol. The summed E-state index contributed by atoms with van der Waals surface area (Å²) in [7, 11) is 0. The first kappa shape index (κ1) is 16.3. The molecule has 0 heterocycles. The average Bonchev–Trinajstić information content (AvgIpc) is 2.24. The van der Waals surface area contributed by atoms with Gasteiger partial charge in [-0.2, -0.15) is 13.2 Å². The molecular formula is C13H18F3NOS. The van der Waals surface area contributed by atoms with Gasteiger partial charge < -0.3 is 4.55 Å². The molecule has 2 nitrogen and oxygen atoms in total. The number of hydrogen-bond donors (Lipinski definition) is 1. The van der Waals surface area contributed by atoms with Gasteiger partial charge in [0.2, 0.25) is 0 Å². The molecule has 0 amide bonds. The highest BCUT2D eigenvalue weighted by atomic mass is 32.2. The van der Waals surface area contributed by atoms with Crippen LogP contribution in [-0.2, 0) is 11.4 Å². The fourth-order valence-corrected chi connectivity index (χ4v) is 2.33. The van der Waals surface area contributed by atoms with Gasteiger partial charge in [-0.25, -0.2) is 0 Å². The lowest BCUT2D eigenvalue weighted by atomic mass is 10.0. The standard InChI is InChI=1S/C13H18F3NOS/c1-9-7-5-6-8-10(9)11(13(14,15)16)17-19(18)12(2,3)4/h5-8,11,17H,1-4H3/t11-,19?/m1/s1. The lowest BCUT2D eigenvalue weighted by molar-refractivity contribution is -0.153. The Morgan fingerprint density at radius 3 is 2.11 bits per heavy atom. The number of halogens is 3. The molecule has 1 aromatic rings. The van der Waals surface area contributed by atoms with Crippen LogP contribution >= 0.6 is 0 Å². The number of aryl methyl sites for hydroxylation is 1. The second-order valence-corrected chi connectivity index (χ2v) is 7.33. The van der Waals surface area contributed by atoms with Crippen LogP contribution in [-0.4, -0.2) is 15.5 Å². The molecule has 1 rings (SSSR count). The molecule has 2 atom stereocenters. The second kappa shape index (κ2) is 5.73. The Bertz CT molecular complexity index is 429. The Morgan fingerprint density at radius 1 is 1.16 bits per heavy atom. The van der Waals surface area contributed by atoms with Gasteiger partial charge in [0.25, 0.3) is 0 Å². The van der Waals surface area contributed by atoms with Gasteiger partial charge in [0.05, 0.1) is 0 Å². The van der Waals surface area contributed by atoms with E-state index < -0.39 is 28.3 Å². The zero-order valence-corrected chi connectivity index (χ0v) is 12.2. The van der Waals surface area contributed by atoms with Gasteiger partial charge in [-0.15, -0.1) is 4.72 Å². The summed E-state index contributed by atoms with van der Waals surface area (Å²) in [5.41, 5.74) is 0.621. The van der Waals surface area contributed by atoms with Crippen LogP contribution in [0.15, 0.2) is 24.3 Å². The normalized spacial score (nSPS) is 16.2. The van der Waals surface area contributed by atoms with Gasteiger partial charge >= 0.3 is 6.18 Å². The molecule has 0 fully saturated rings. The highest BCUT2D eigenvalue weighted by molar-refractivity contribution is 7.90. The number of hydrogen-bond acceptors (Lipinski definition) is 2. The third-order valence-corrected chi connectivity index (χ3v) is 4.17. The molecule has 0 saturated carbocycles. The molecule has 0 aliphatic heterocycles. The Kier molecular flexibility index (Phi) is 4.92.